The van der Waals surface area contributed by atoms with E-state index in [9.17, 15) is 0 Å². The number of aliphatic imine (C=N–C) groups is 2. The zero-order valence-corrected chi connectivity index (χ0v) is 21.1. The topological polar surface area (TPSA) is 70.7 Å². The number of aromatic nitrogens is 3. The van der Waals surface area contributed by atoms with E-state index < -0.39 is 0 Å². The molecule has 0 spiro atoms. The minimum atomic E-state index is -0.186. The van der Waals surface area contributed by atoms with Crippen LogP contribution in [0.25, 0.3) is 5.69 Å². The number of anilines is 2. The number of hydrogen-bond acceptors (Lipinski definition) is 6. The molecule has 1 N–H and O–H groups in total. The molecule has 0 saturated carbocycles. The van der Waals surface area contributed by atoms with Gasteiger partial charge in [0.1, 0.15) is 0 Å². The molecule has 38 heavy (non-hydrogen) atoms. The van der Waals surface area contributed by atoms with Crippen molar-refractivity contribution in [1.29, 1.82) is 0 Å². The maximum Gasteiger partial charge on any atom is 0.179 e. The quantitative estimate of drug-likeness (QED) is 0.303. The van der Waals surface area contributed by atoms with Gasteiger partial charge in [-0.05, 0) is 61.9 Å². The van der Waals surface area contributed by atoms with Crippen molar-refractivity contribution in [3.05, 3.63) is 126 Å². The van der Waals surface area contributed by atoms with Crippen LogP contribution in [0.2, 0.25) is 0 Å². The molecule has 0 radical (unpaired) electrons. The van der Waals surface area contributed by atoms with Gasteiger partial charge >= 0.3 is 0 Å². The molecule has 7 nitrogen and oxygen atoms in total. The number of benzene rings is 3. The smallest absolute Gasteiger partial charge is 0.179 e. The van der Waals surface area contributed by atoms with E-state index in [1.54, 1.807) is 6.20 Å². The molecule has 1 atom stereocenters. The molecule has 0 amide bonds. The zero-order valence-electron chi connectivity index (χ0n) is 21.1. The van der Waals surface area contributed by atoms with Crippen LogP contribution in [0.3, 0.4) is 0 Å². The lowest BCUT2D eigenvalue weighted by molar-refractivity contribution is 0.810. The van der Waals surface area contributed by atoms with E-state index >= 15 is 0 Å². The minimum Gasteiger partial charge on any atom is -0.337 e. The fourth-order valence-electron chi connectivity index (χ4n) is 5.18. The molecular formula is C31H25N7. The summed E-state index contributed by atoms with van der Waals surface area (Å²) in [6.07, 6.45) is 3.73. The molecule has 184 valence electrons. The summed E-state index contributed by atoms with van der Waals surface area (Å²) in [6, 6.07) is 30.5. The van der Waals surface area contributed by atoms with Crippen LogP contribution in [-0.4, -0.2) is 26.4 Å². The molecule has 2 aliphatic heterocycles. The lowest BCUT2D eigenvalue weighted by Gasteiger charge is -2.40. The molecule has 0 aliphatic carbocycles. The van der Waals surface area contributed by atoms with Crippen LogP contribution in [0.4, 0.5) is 22.9 Å². The first-order valence-electron chi connectivity index (χ1n) is 12.6. The maximum atomic E-state index is 5.27. The lowest BCUT2D eigenvalue weighted by Crippen LogP contribution is -2.46. The molecular weight excluding hydrogens is 470 g/mol. The van der Waals surface area contributed by atoms with Crippen molar-refractivity contribution in [2.75, 3.05) is 10.2 Å². The summed E-state index contributed by atoms with van der Waals surface area (Å²) in [6.45, 7) is 4.14. The van der Waals surface area contributed by atoms with Gasteiger partial charge < -0.3 is 10.2 Å². The molecule has 4 heterocycles. The summed E-state index contributed by atoms with van der Waals surface area (Å²) in [4.78, 5) is 17.0. The molecule has 7 heteroatoms. The standard InChI is InChI=1S/C31H25N7/c1-20-14-16-24(17-15-20)38-30-27(21(2)36-38)28(22-9-8-18-32-19-22)37-26-13-7-6-12-25(26)34-29(31(37)35-30)33-23-10-4-3-5-11-23/h3-19,28H,1-2H3,(H,33,34)/t28-/m0/s1. The Bertz CT molecular complexity index is 1700. The number of fused-ring (bicyclic) bond motifs is 4. The van der Waals surface area contributed by atoms with Crippen LogP contribution in [0.5, 0.6) is 0 Å². The van der Waals surface area contributed by atoms with Crippen LogP contribution in [0, 0.1) is 13.8 Å². The molecule has 0 saturated heterocycles. The molecule has 2 aliphatic rings. The van der Waals surface area contributed by atoms with Gasteiger partial charge in [0.25, 0.3) is 0 Å². The number of para-hydroxylation sites is 3. The van der Waals surface area contributed by atoms with Gasteiger partial charge in [0, 0.05) is 23.6 Å². The minimum absolute atomic E-state index is 0.186. The van der Waals surface area contributed by atoms with E-state index in [0.29, 0.717) is 5.84 Å². The van der Waals surface area contributed by atoms with Crippen LogP contribution in [-0.2, 0) is 0 Å². The number of rotatable bonds is 3. The first-order chi connectivity index (χ1) is 18.7. The monoisotopic (exact) mass is 495 g/mol. The van der Waals surface area contributed by atoms with Crippen molar-refractivity contribution < 1.29 is 0 Å². The van der Waals surface area contributed by atoms with Gasteiger partial charge in [0.05, 0.1) is 28.8 Å². The van der Waals surface area contributed by atoms with Crippen molar-refractivity contribution in [2.45, 2.75) is 19.9 Å². The third-order valence-electron chi connectivity index (χ3n) is 6.95. The Morgan fingerprint density at radius 2 is 1.58 bits per heavy atom. The first kappa shape index (κ1) is 22.2. The second-order valence-corrected chi connectivity index (χ2v) is 9.50. The number of amidine groups is 2. The van der Waals surface area contributed by atoms with Crippen molar-refractivity contribution in [2.24, 2.45) is 9.98 Å². The predicted molar refractivity (Wildman–Crippen MR) is 152 cm³/mol. The van der Waals surface area contributed by atoms with Crippen molar-refractivity contribution in [3.63, 3.8) is 0 Å². The average Bonchev–Trinajstić information content (AvgIpc) is 3.29. The summed E-state index contributed by atoms with van der Waals surface area (Å²) in [5.74, 6) is 2.22. The number of nitrogens with one attached hydrogen (secondary N) is 1. The predicted octanol–water partition coefficient (Wildman–Crippen LogP) is 6.68. The lowest BCUT2D eigenvalue weighted by atomic mass is 9.94. The van der Waals surface area contributed by atoms with Crippen LogP contribution in [0.15, 0.2) is 113 Å². The van der Waals surface area contributed by atoms with Crippen molar-refractivity contribution in [3.8, 4) is 5.69 Å². The fourth-order valence-corrected chi connectivity index (χ4v) is 5.18. The van der Waals surface area contributed by atoms with Gasteiger partial charge in [-0.25, -0.2) is 14.7 Å². The van der Waals surface area contributed by atoms with E-state index in [-0.39, 0.29) is 6.04 Å². The summed E-state index contributed by atoms with van der Waals surface area (Å²) in [7, 11) is 0. The van der Waals surface area contributed by atoms with Gasteiger partial charge in [0.2, 0.25) is 0 Å². The molecule has 7 rings (SSSR count). The fraction of sp³-hybridized carbons (Fsp3) is 0.0968. The SMILES string of the molecule is Cc1ccc(-n2nc(C)c3c2N=C2C(Nc4ccccc4)=Nc4ccccc4N2[C@H]3c2cccnc2)cc1. The van der Waals surface area contributed by atoms with E-state index in [2.05, 4.69) is 65.4 Å². The molecule has 0 unspecified atom stereocenters. The van der Waals surface area contributed by atoms with E-state index in [0.717, 1.165) is 51.2 Å². The van der Waals surface area contributed by atoms with E-state index in [1.807, 2.05) is 65.5 Å². The Labute approximate surface area is 220 Å². The van der Waals surface area contributed by atoms with E-state index in [4.69, 9.17) is 15.1 Å². The Kier molecular flexibility index (Phi) is 5.14. The van der Waals surface area contributed by atoms with Crippen molar-refractivity contribution in [1.82, 2.24) is 14.8 Å². The molecule has 0 bridgehead atoms. The summed E-state index contributed by atoms with van der Waals surface area (Å²) >= 11 is 0. The highest BCUT2D eigenvalue weighted by Crippen LogP contribution is 2.48. The second kappa shape index (κ2) is 8.81. The summed E-state index contributed by atoms with van der Waals surface area (Å²) in [5, 5.41) is 8.52. The molecule has 2 aromatic heterocycles. The molecule has 0 fully saturated rings. The third-order valence-corrected chi connectivity index (χ3v) is 6.95. The Morgan fingerprint density at radius 3 is 2.37 bits per heavy atom. The Balaban J connectivity index is 1.50. The summed E-state index contributed by atoms with van der Waals surface area (Å²) < 4.78 is 1.94. The number of pyridine rings is 1. The highest BCUT2D eigenvalue weighted by Gasteiger charge is 2.41. The van der Waals surface area contributed by atoms with Crippen LogP contribution >= 0.6 is 0 Å². The maximum absolute atomic E-state index is 5.27. The number of hydrogen-bond donors (Lipinski definition) is 1. The number of aryl methyl sites for hydroxylation is 2. The van der Waals surface area contributed by atoms with Gasteiger partial charge in [0.15, 0.2) is 17.5 Å². The normalized spacial score (nSPS) is 15.6. The largest absolute Gasteiger partial charge is 0.337 e. The first-order valence-corrected chi connectivity index (χ1v) is 12.6. The number of nitrogens with zero attached hydrogens (tertiary/aromatic N) is 6. The van der Waals surface area contributed by atoms with Gasteiger partial charge in [-0.3, -0.25) is 4.98 Å². The molecule has 5 aromatic rings. The molecule has 3 aromatic carbocycles. The second-order valence-electron chi connectivity index (χ2n) is 9.50. The van der Waals surface area contributed by atoms with Crippen LogP contribution < -0.4 is 10.2 Å². The van der Waals surface area contributed by atoms with Crippen LogP contribution in [0.1, 0.15) is 28.4 Å². The highest BCUT2D eigenvalue weighted by atomic mass is 15.4. The van der Waals surface area contributed by atoms with Gasteiger partial charge in [-0.2, -0.15) is 5.10 Å². The third kappa shape index (κ3) is 3.59. The van der Waals surface area contributed by atoms with Gasteiger partial charge in [-0.15, -0.1) is 0 Å². The zero-order chi connectivity index (χ0) is 25.6. The van der Waals surface area contributed by atoms with Gasteiger partial charge in [-0.1, -0.05) is 54.1 Å². The Morgan fingerprint density at radius 1 is 0.789 bits per heavy atom. The van der Waals surface area contributed by atoms with E-state index in [1.165, 1.54) is 5.56 Å². The van der Waals surface area contributed by atoms with Crippen molar-refractivity contribution >= 4 is 34.6 Å². The Hall–Kier alpha value is -5.04. The highest BCUT2D eigenvalue weighted by molar-refractivity contribution is 6.51. The average molecular weight is 496 g/mol. The summed E-state index contributed by atoms with van der Waals surface area (Å²) in [5.41, 5.74) is 8.02.